The van der Waals surface area contributed by atoms with Crippen LogP contribution in [0.2, 0.25) is 0 Å². The van der Waals surface area contributed by atoms with Crippen LogP contribution in [-0.4, -0.2) is 62.7 Å². The number of sulfonamides is 1. The van der Waals surface area contributed by atoms with Gasteiger partial charge in [-0.25, -0.2) is 8.42 Å². The van der Waals surface area contributed by atoms with Crippen LogP contribution in [0.1, 0.15) is 66.9 Å². The van der Waals surface area contributed by atoms with Crippen LogP contribution < -0.4 is 5.32 Å². The van der Waals surface area contributed by atoms with Crippen LogP contribution in [0.25, 0.3) is 0 Å². The molecule has 2 saturated heterocycles. The zero-order valence-corrected chi connectivity index (χ0v) is 20.8. The first-order valence-electron chi connectivity index (χ1n) is 12.7. The summed E-state index contributed by atoms with van der Waals surface area (Å²) < 4.78 is 27.9. The summed E-state index contributed by atoms with van der Waals surface area (Å²) in [6.07, 6.45) is 7.61. The monoisotopic (exact) mass is 483 g/mol. The molecule has 1 atom stereocenters. The van der Waals surface area contributed by atoms with Crippen molar-refractivity contribution >= 4 is 15.8 Å². The lowest BCUT2D eigenvalue weighted by molar-refractivity contribution is 0.0983. The molecule has 7 heteroatoms. The number of carbonyl (C=O) groups excluding carboxylic acids is 1. The Balaban J connectivity index is 1.40. The van der Waals surface area contributed by atoms with E-state index in [1.807, 2.05) is 6.07 Å². The predicted octanol–water partition coefficient (Wildman–Crippen LogP) is 4.25. The Kier molecular flexibility index (Phi) is 8.89. The van der Waals surface area contributed by atoms with E-state index in [2.05, 4.69) is 34.5 Å². The van der Waals surface area contributed by atoms with E-state index in [4.69, 9.17) is 0 Å². The third-order valence-corrected chi connectivity index (χ3v) is 8.89. The molecular formula is C27H37N3O3S. The molecule has 0 aliphatic carbocycles. The van der Waals surface area contributed by atoms with Crippen molar-refractivity contribution in [2.75, 3.05) is 39.3 Å². The quantitative estimate of drug-likeness (QED) is 0.540. The van der Waals surface area contributed by atoms with E-state index in [1.54, 1.807) is 28.6 Å². The molecule has 0 radical (unpaired) electrons. The van der Waals surface area contributed by atoms with Gasteiger partial charge in [0.2, 0.25) is 10.0 Å². The van der Waals surface area contributed by atoms with E-state index in [0.717, 1.165) is 38.8 Å². The number of likely N-dealkylation sites (tertiary alicyclic amines) is 1. The fourth-order valence-electron chi connectivity index (χ4n) is 5.05. The van der Waals surface area contributed by atoms with Gasteiger partial charge in [-0.1, -0.05) is 61.7 Å². The number of ketones is 1. The molecule has 6 nitrogen and oxygen atoms in total. The number of nitrogens with zero attached hydrogens (tertiary/aromatic N) is 2. The van der Waals surface area contributed by atoms with Crippen molar-refractivity contribution in [3.63, 3.8) is 0 Å². The highest BCUT2D eigenvalue weighted by molar-refractivity contribution is 7.89. The van der Waals surface area contributed by atoms with E-state index >= 15 is 0 Å². The fraction of sp³-hybridized carbons (Fsp3) is 0.519. The number of piperidine rings is 1. The van der Waals surface area contributed by atoms with Gasteiger partial charge in [0, 0.05) is 31.2 Å². The SMILES string of the molecule is O=C(CNCC(c1ccccc1)N1CCCCC1)c1cccc(S(=O)(=O)N2CCCCCC2)c1. The minimum Gasteiger partial charge on any atom is -0.308 e. The van der Waals surface area contributed by atoms with Crippen molar-refractivity contribution in [1.82, 2.24) is 14.5 Å². The summed E-state index contributed by atoms with van der Waals surface area (Å²) in [5.74, 6) is -0.0848. The molecule has 2 aliphatic rings. The average Bonchev–Trinajstić information content (AvgIpc) is 3.18. The molecule has 2 heterocycles. The topological polar surface area (TPSA) is 69.7 Å². The van der Waals surface area contributed by atoms with Crippen molar-refractivity contribution in [2.24, 2.45) is 0 Å². The maximum Gasteiger partial charge on any atom is 0.243 e. The largest absolute Gasteiger partial charge is 0.308 e. The van der Waals surface area contributed by atoms with Gasteiger partial charge in [-0.3, -0.25) is 9.69 Å². The van der Waals surface area contributed by atoms with Crippen LogP contribution in [-0.2, 0) is 10.0 Å². The lowest BCUT2D eigenvalue weighted by atomic mass is 10.0. The third-order valence-electron chi connectivity index (χ3n) is 7.00. The molecule has 34 heavy (non-hydrogen) atoms. The van der Waals surface area contributed by atoms with Gasteiger partial charge in [0.1, 0.15) is 0 Å². The fourth-order valence-corrected chi connectivity index (χ4v) is 6.61. The second-order valence-electron chi connectivity index (χ2n) is 9.42. The lowest BCUT2D eigenvalue weighted by Crippen LogP contribution is -2.40. The number of hydrogen-bond donors (Lipinski definition) is 1. The van der Waals surface area contributed by atoms with Crippen LogP contribution in [0.4, 0.5) is 0 Å². The van der Waals surface area contributed by atoms with Crippen LogP contribution in [0.5, 0.6) is 0 Å². The van der Waals surface area contributed by atoms with Gasteiger partial charge in [-0.05, 0) is 56.5 Å². The molecule has 1 N–H and O–H groups in total. The minimum atomic E-state index is -3.57. The standard InChI is InChI=1S/C27H37N3O3S/c31-27(22-28-21-26(23-12-5-3-6-13-23)29-16-7-4-8-17-29)24-14-11-15-25(20-24)34(32,33)30-18-9-1-2-10-19-30/h3,5-6,11-15,20,26,28H,1-2,4,7-10,16-19,21-22H2. The van der Waals surface area contributed by atoms with Crippen molar-refractivity contribution in [1.29, 1.82) is 0 Å². The molecule has 0 spiro atoms. The number of benzene rings is 2. The van der Waals surface area contributed by atoms with E-state index in [0.29, 0.717) is 25.2 Å². The maximum absolute atomic E-state index is 13.1. The van der Waals surface area contributed by atoms with Gasteiger partial charge in [-0.2, -0.15) is 4.31 Å². The highest BCUT2D eigenvalue weighted by Crippen LogP contribution is 2.24. The van der Waals surface area contributed by atoms with E-state index in [1.165, 1.54) is 24.8 Å². The van der Waals surface area contributed by atoms with Gasteiger partial charge in [-0.15, -0.1) is 0 Å². The van der Waals surface area contributed by atoms with Crippen molar-refractivity contribution in [3.05, 3.63) is 65.7 Å². The van der Waals surface area contributed by atoms with Gasteiger partial charge in [0.05, 0.1) is 11.4 Å². The van der Waals surface area contributed by atoms with E-state index < -0.39 is 10.0 Å². The molecule has 184 valence electrons. The van der Waals surface area contributed by atoms with Crippen molar-refractivity contribution < 1.29 is 13.2 Å². The maximum atomic E-state index is 13.1. The van der Waals surface area contributed by atoms with Crippen molar-refractivity contribution in [3.8, 4) is 0 Å². The first kappa shape index (κ1) is 25.0. The average molecular weight is 484 g/mol. The summed E-state index contributed by atoms with van der Waals surface area (Å²) in [5.41, 5.74) is 1.70. The van der Waals surface area contributed by atoms with Gasteiger partial charge in [0.25, 0.3) is 0 Å². The Morgan fingerprint density at radius 3 is 2.18 bits per heavy atom. The Bertz CT molecular complexity index is 1030. The number of rotatable bonds is 9. The Hall–Kier alpha value is -2.06. The Morgan fingerprint density at radius 1 is 0.824 bits per heavy atom. The molecule has 2 aromatic carbocycles. The smallest absolute Gasteiger partial charge is 0.243 e. The van der Waals surface area contributed by atoms with E-state index in [9.17, 15) is 13.2 Å². The summed E-state index contributed by atoms with van der Waals surface area (Å²) >= 11 is 0. The second-order valence-corrected chi connectivity index (χ2v) is 11.4. The van der Waals surface area contributed by atoms with Crippen LogP contribution in [0.3, 0.4) is 0 Å². The molecule has 0 saturated carbocycles. The van der Waals surface area contributed by atoms with E-state index in [-0.39, 0.29) is 23.3 Å². The molecule has 0 amide bonds. The summed E-state index contributed by atoms with van der Waals surface area (Å²) in [6.45, 7) is 4.13. The molecule has 2 aliphatic heterocycles. The number of hydrogen-bond acceptors (Lipinski definition) is 5. The summed E-state index contributed by atoms with van der Waals surface area (Å²) in [5, 5.41) is 3.36. The zero-order chi connectivity index (χ0) is 23.8. The molecular weight excluding hydrogens is 446 g/mol. The van der Waals surface area contributed by atoms with Crippen molar-refractivity contribution in [2.45, 2.75) is 55.9 Å². The second kappa shape index (κ2) is 12.1. The number of Topliss-reactive ketones (excluding diaryl/α,β-unsaturated/α-hetero) is 1. The first-order chi connectivity index (χ1) is 16.6. The third kappa shape index (κ3) is 6.33. The minimum absolute atomic E-state index is 0.0848. The molecule has 4 rings (SSSR count). The van der Waals surface area contributed by atoms with Gasteiger partial charge in [0.15, 0.2) is 5.78 Å². The number of nitrogens with one attached hydrogen (secondary N) is 1. The molecule has 2 aromatic rings. The highest BCUT2D eigenvalue weighted by Gasteiger charge is 2.26. The zero-order valence-electron chi connectivity index (χ0n) is 20.0. The van der Waals surface area contributed by atoms with Gasteiger partial charge < -0.3 is 5.32 Å². The lowest BCUT2D eigenvalue weighted by Gasteiger charge is -2.35. The highest BCUT2D eigenvalue weighted by atomic mass is 32.2. The molecule has 0 bridgehead atoms. The molecule has 1 unspecified atom stereocenters. The molecule has 2 fully saturated rings. The first-order valence-corrected chi connectivity index (χ1v) is 14.1. The molecule has 0 aromatic heterocycles. The van der Waals surface area contributed by atoms with Crippen LogP contribution >= 0.6 is 0 Å². The Morgan fingerprint density at radius 2 is 1.47 bits per heavy atom. The van der Waals surface area contributed by atoms with Gasteiger partial charge >= 0.3 is 0 Å². The van der Waals surface area contributed by atoms with Crippen LogP contribution in [0.15, 0.2) is 59.5 Å². The summed E-state index contributed by atoms with van der Waals surface area (Å²) in [6, 6.07) is 17.2. The van der Waals surface area contributed by atoms with Crippen LogP contribution in [0, 0.1) is 0 Å². The summed E-state index contributed by atoms with van der Waals surface area (Å²) in [4.78, 5) is 15.7. The number of carbonyl (C=O) groups is 1. The predicted molar refractivity (Wildman–Crippen MR) is 135 cm³/mol. The summed E-state index contributed by atoms with van der Waals surface area (Å²) in [7, 11) is -3.57. The normalized spacial score (nSPS) is 19.4. The Labute approximate surface area is 204 Å².